The number of hydrazine groups is 1. The van der Waals surface area contributed by atoms with E-state index in [1.807, 2.05) is 0 Å². The molecule has 0 atom stereocenters. The molecule has 0 amide bonds. The van der Waals surface area contributed by atoms with Crippen LogP contribution in [0.15, 0.2) is 0 Å². The van der Waals surface area contributed by atoms with Crippen LogP contribution in [0.25, 0.3) is 0 Å². The fourth-order valence-corrected chi connectivity index (χ4v) is 4.83. The molecule has 0 bridgehead atoms. The van der Waals surface area contributed by atoms with Crippen LogP contribution in [-0.2, 0) is 8.85 Å². The highest BCUT2D eigenvalue weighted by atomic mass is 35.5. The predicted octanol–water partition coefficient (Wildman–Crippen LogP) is 6.67. The molecule has 0 aromatic carbocycles. The van der Waals surface area contributed by atoms with Crippen molar-refractivity contribution >= 4 is 21.7 Å². The Balaban J connectivity index is 0. The van der Waals surface area contributed by atoms with Crippen molar-refractivity contribution in [3.8, 4) is 0 Å². The zero-order chi connectivity index (χ0) is 20.5. The fraction of sp³-hybridized carbons (Fsp3) is 1.00. The highest BCUT2D eigenvalue weighted by Gasteiger charge is 2.07. The number of rotatable bonds is 24. The molecule has 0 saturated heterocycles. The van der Waals surface area contributed by atoms with Crippen molar-refractivity contribution in [2.45, 2.75) is 122 Å². The van der Waals surface area contributed by atoms with E-state index in [4.69, 9.17) is 8.85 Å². The summed E-state index contributed by atoms with van der Waals surface area (Å²) in [5, 5.41) is 0. The molecular formula is C23H53ClN2O2Si. The van der Waals surface area contributed by atoms with E-state index in [0.29, 0.717) is 0 Å². The Morgan fingerprint density at radius 2 is 0.862 bits per heavy atom. The monoisotopic (exact) mass is 452 g/mol. The molecule has 6 heteroatoms. The van der Waals surface area contributed by atoms with Crippen LogP contribution in [0.4, 0.5) is 0 Å². The minimum absolute atomic E-state index is 0. The molecule has 0 fully saturated rings. The van der Waals surface area contributed by atoms with Gasteiger partial charge in [0.25, 0.3) is 0 Å². The maximum atomic E-state index is 5.31. The van der Waals surface area contributed by atoms with Gasteiger partial charge in [0, 0.05) is 27.3 Å². The van der Waals surface area contributed by atoms with Gasteiger partial charge in [-0.05, 0) is 18.9 Å². The van der Waals surface area contributed by atoms with Gasteiger partial charge in [0.1, 0.15) is 0 Å². The number of nitrogens with one attached hydrogen (secondary N) is 2. The Kier molecular flexibility index (Phi) is 30.8. The first-order valence-electron chi connectivity index (χ1n) is 12.4. The Morgan fingerprint density at radius 1 is 0.517 bits per heavy atom. The molecule has 0 aliphatic heterocycles. The Morgan fingerprint density at radius 3 is 1.24 bits per heavy atom. The van der Waals surface area contributed by atoms with Crippen molar-refractivity contribution in [1.29, 1.82) is 0 Å². The quantitative estimate of drug-likeness (QED) is 0.0974. The summed E-state index contributed by atoms with van der Waals surface area (Å²) in [5.41, 5.74) is 6.63. The summed E-state index contributed by atoms with van der Waals surface area (Å²) in [7, 11) is 2.15. The molecule has 2 N–H and O–H groups in total. The van der Waals surface area contributed by atoms with Gasteiger partial charge in [0.05, 0.1) is 0 Å². The molecule has 0 aromatic rings. The third kappa shape index (κ3) is 26.3. The lowest BCUT2D eigenvalue weighted by Crippen LogP contribution is -2.34. The van der Waals surface area contributed by atoms with E-state index >= 15 is 0 Å². The van der Waals surface area contributed by atoms with Gasteiger partial charge in [0.15, 0.2) is 0 Å². The number of halogens is 1. The Labute approximate surface area is 190 Å². The van der Waals surface area contributed by atoms with E-state index in [9.17, 15) is 0 Å². The molecule has 0 heterocycles. The summed E-state index contributed by atoms with van der Waals surface area (Å²) in [6.07, 6.45) is 23.9. The molecule has 0 spiro atoms. The molecule has 0 aliphatic carbocycles. The molecule has 0 unspecified atom stereocenters. The van der Waals surface area contributed by atoms with E-state index in [2.05, 4.69) is 17.8 Å². The average Bonchev–Trinajstić information content (AvgIpc) is 2.72. The Hall–Kier alpha value is 0.347. The second kappa shape index (κ2) is 28.3. The van der Waals surface area contributed by atoms with Crippen LogP contribution in [0.5, 0.6) is 0 Å². The topological polar surface area (TPSA) is 42.5 Å². The van der Waals surface area contributed by atoms with Crippen LogP contribution >= 0.6 is 12.4 Å². The molecule has 178 valence electrons. The van der Waals surface area contributed by atoms with E-state index < -0.39 is 9.28 Å². The van der Waals surface area contributed by atoms with Gasteiger partial charge in [-0.2, -0.15) is 0 Å². The van der Waals surface area contributed by atoms with Crippen molar-refractivity contribution in [2.24, 2.45) is 0 Å². The van der Waals surface area contributed by atoms with E-state index in [1.165, 1.54) is 103 Å². The van der Waals surface area contributed by atoms with Crippen LogP contribution in [0.1, 0.15) is 116 Å². The van der Waals surface area contributed by atoms with Gasteiger partial charge in [-0.25, -0.2) is 0 Å². The molecule has 4 nitrogen and oxygen atoms in total. The van der Waals surface area contributed by atoms with Crippen LogP contribution in [0.3, 0.4) is 0 Å². The fourth-order valence-electron chi connectivity index (χ4n) is 3.63. The van der Waals surface area contributed by atoms with Crippen LogP contribution < -0.4 is 10.9 Å². The zero-order valence-electron chi connectivity index (χ0n) is 19.9. The summed E-state index contributed by atoms with van der Waals surface area (Å²) in [6, 6.07) is 1.07. The Bertz CT molecular complexity index is 286. The molecular weight excluding hydrogens is 400 g/mol. The summed E-state index contributed by atoms with van der Waals surface area (Å²) < 4.78 is 10.6. The summed E-state index contributed by atoms with van der Waals surface area (Å²) in [5.74, 6) is 0. The number of unbranched alkanes of at least 4 members (excludes halogenated alkanes) is 15. The smallest absolute Gasteiger partial charge is 0.320 e. The minimum atomic E-state index is -1.36. The van der Waals surface area contributed by atoms with Gasteiger partial charge < -0.3 is 8.85 Å². The predicted molar refractivity (Wildman–Crippen MR) is 133 cm³/mol. The molecule has 0 radical (unpaired) electrons. The maximum Gasteiger partial charge on any atom is 0.320 e. The lowest BCUT2D eigenvalue weighted by molar-refractivity contribution is 0.276. The second-order valence-electron chi connectivity index (χ2n) is 8.20. The molecule has 0 aromatic heterocycles. The van der Waals surface area contributed by atoms with Crippen LogP contribution in [-0.4, -0.2) is 36.6 Å². The minimum Gasteiger partial charge on any atom is -0.400 e. The first kappa shape index (κ1) is 31.5. The van der Waals surface area contributed by atoms with Crippen molar-refractivity contribution in [1.82, 2.24) is 10.9 Å². The number of hydrogen-bond acceptors (Lipinski definition) is 4. The largest absolute Gasteiger partial charge is 0.400 e. The normalized spacial score (nSPS) is 11.2. The van der Waals surface area contributed by atoms with Crippen molar-refractivity contribution in [3.63, 3.8) is 0 Å². The van der Waals surface area contributed by atoms with Gasteiger partial charge in [0.2, 0.25) is 0 Å². The van der Waals surface area contributed by atoms with Crippen LogP contribution in [0.2, 0.25) is 6.04 Å². The SMILES string of the molecule is CCCCCCCCCCCCCCCCCCNNCCC[SiH](OC)OC.Cl. The summed E-state index contributed by atoms with van der Waals surface area (Å²) in [4.78, 5) is 0. The van der Waals surface area contributed by atoms with Crippen molar-refractivity contribution < 1.29 is 8.85 Å². The van der Waals surface area contributed by atoms with E-state index in [-0.39, 0.29) is 12.4 Å². The first-order chi connectivity index (χ1) is 13.8. The van der Waals surface area contributed by atoms with E-state index in [1.54, 1.807) is 14.2 Å². The summed E-state index contributed by atoms with van der Waals surface area (Å²) >= 11 is 0. The van der Waals surface area contributed by atoms with E-state index in [0.717, 1.165) is 25.6 Å². The highest BCUT2D eigenvalue weighted by Crippen LogP contribution is 2.13. The van der Waals surface area contributed by atoms with Crippen molar-refractivity contribution in [3.05, 3.63) is 0 Å². The zero-order valence-corrected chi connectivity index (χ0v) is 21.9. The van der Waals surface area contributed by atoms with Gasteiger partial charge >= 0.3 is 9.28 Å². The van der Waals surface area contributed by atoms with Crippen LogP contribution in [0, 0.1) is 0 Å². The lowest BCUT2D eigenvalue weighted by atomic mass is 10.0. The van der Waals surface area contributed by atoms with Gasteiger partial charge in [-0.3, -0.25) is 10.9 Å². The van der Waals surface area contributed by atoms with Gasteiger partial charge in [-0.1, -0.05) is 103 Å². The molecule has 29 heavy (non-hydrogen) atoms. The third-order valence-electron chi connectivity index (χ3n) is 5.55. The molecule has 0 aliphatic rings. The third-order valence-corrected chi connectivity index (χ3v) is 7.48. The lowest BCUT2D eigenvalue weighted by Gasteiger charge is -2.11. The molecule has 0 rings (SSSR count). The average molecular weight is 453 g/mol. The van der Waals surface area contributed by atoms with Crippen molar-refractivity contribution in [2.75, 3.05) is 27.3 Å². The number of hydrogen-bond donors (Lipinski definition) is 2. The first-order valence-corrected chi connectivity index (χ1v) is 14.1. The highest BCUT2D eigenvalue weighted by molar-refractivity contribution is 6.44. The van der Waals surface area contributed by atoms with Gasteiger partial charge in [-0.15, -0.1) is 12.4 Å². The maximum absolute atomic E-state index is 5.31. The standard InChI is InChI=1S/C23H52N2O2Si.ClH/c1-4-5-6-7-8-9-10-11-12-13-14-15-16-17-18-19-21-24-25-22-20-23-28(26-2)27-3;/h24-25,28H,4-23H2,1-3H3;1H. The second-order valence-corrected chi connectivity index (χ2v) is 10.6. The molecule has 0 saturated carbocycles. The summed E-state index contributed by atoms with van der Waals surface area (Å²) in [6.45, 7) is 4.37.